The summed E-state index contributed by atoms with van der Waals surface area (Å²) in [6.45, 7) is 7.25. The molecular formula is C28H27N3OS. The fourth-order valence-electron chi connectivity index (χ4n) is 4.22. The van der Waals surface area contributed by atoms with E-state index in [0.29, 0.717) is 18.1 Å². The van der Waals surface area contributed by atoms with Gasteiger partial charge in [-0.25, -0.2) is 4.99 Å². The van der Waals surface area contributed by atoms with Crippen LogP contribution in [0.4, 0.5) is 5.00 Å². The molecule has 0 spiro atoms. The zero-order chi connectivity index (χ0) is 23.4. The summed E-state index contributed by atoms with van der Waals surface area (Å²) in [5, 5.41) is 19.8. The van der Waals surface area contributed by atoms with E-state index in [2.05, 4.69) is 37.9 Å². The van der Waals surface area contributed by atoms with Gasteiger partial charge in [0, 0.05) is 16.7 Å². The molecule has 0 radical (unpaired) electrons. The average molecular weight is 454 g/mol. The number of nitrogens with zero attached hydrogens (tertiary/aromatic N) is 3. The maximum Gasteiger partial charge on any atom is 0.134 e. The minimum atomic E-state index is 0.276. The number of hydrogen-bond donors (Lipinski definition) is 0. The molecule has 33 heavy (non-hydrogen) atoms. The van der Waals surface area contributed by atoms with Crippen molar-refractivity contribution in [3.05, 3.63) is 81.2 Å². The fraction of sp³-hybridized carbons (Fsp3) is 0.321. The third-order valence-electron chi connectivity index (χ3n) is 6.33. The number of rotatable bonds is 5. The third kappa shape index (κ3) is 5.16. The number of fused-ring (bicyclic) bond motifs is 1. The van der Waals surface area contributed by atoms with Gasteiger partial charge in [0.15, 0.2) is 0 Å². The summed E-state index contributed by atoms with van der Waals surface area (Å²) >= 11 is 1.67. The van der Waals surface area contributed by atoms with Gasteiger partial charge >= 0.3 is 0 Å². The lowest BCUT2D eigenvalue weighted by molar-refractivity contribution is 0.218. The predicted molar refractivity (Wildman–Crippen MR) is 133 cm³/mol. The van der Waals surface area contributed by atoms with Crippen LogP contribution in [-0.4, -0.2) is 6.21 Å². The molecule has 2 aromatic carbocycles. The second-order valence-corrected chi connectivity index (χ2v) is 10.6. The highest BCUT2D eigenvalue weighted by atomic mass is 32.1. The van der Waals surface area contributed by atoms with Crippen LogP contribution in [0.1, 0.15) is 59.9 Å². The summed E-state index contributed by atoms with van der Waals surface area (Å²) in [6.07, 6.45) is 4.95. The van der Waals surface area contributed by atoms with Crippen molar-refractivity contribution in [2.75, 3.05) is 0 Å². The van der Waals surface area contributed by atoms with Gasteiger partial charge in [0.05, 0.1) is 17.2 Å². The highest BCUT2D eigenvalue weighted by molar-refractivity contribution is 7.16. The first kappa shape index (κ1) is 22.8. The molecule has 0 unspecified atom stereocenters. The van der Waals surface area contributed by atoms with Gasteiger partial charge in [-0.2, -0.15) is 10.5 Å². The Labute approximate surface area is 199 Å². The number of thiophene rings is 1. The molecule has 0 saturated heterocycles. The second kappa shape index (κ2) is 9.61. The van der Waals surface area contributed by atoms with E-state index in [1.54, 1.807) is 17.4 Å². The Hall–Kier alpha value is -3.41. The first-order valence-corrected chi connectivity index (χ1v) is 12.0. The van der Waals surface area contributed by atoms with Gasteiger partial charge in [-0.05, 0) is 72.1 Å². The maximum absolute atomic E-state index is 9.76. The van der Waals surface area contributed by atoms with Crippen LogP contribution in [0.15, 0.2) is 53.5 Å². The lowest BCUT2D eigenvalue weighted by Crippen LogP contribution is -2.26. The third-order valence-corrected chi connectivity index (χ3v) is 7.49. The van der Waals surface area contributed by atoms with E-state index >= 15 is 0 Å². The Morgan fingerprint density at radius 1 is 1.09 bits per heavy atom. The Bertz CT molecular complexity index is 1250. The van der Waals surface area contributed by atoms with Gasteiger partial charge in [0.1, 0.15) is 23.4 Å². The van der Waals surface area contributed by atoms with E-state index in [1.807, 2.05) is 48.7 Å². The van der Waals surface area contributed by atoms with Crippen LogP contribution in [0, 0.1) is 34.0 Å². The quantitative estimate of drug-likeness (QED) is 0.392. The lowest BCUT2D eigenvalue weighted by Gasteiger charge is -2.33. The van der Waals surface area contributed by atoms with E-state index in [1.165, 1.54) is 10.4 Å². The average Bonchev–Trinajstić information content (AvgIpc) is 3.18. The maximum atomic E-state index is 9.76. The van der Waals surface area contributed by atoms with Crippen molar-refractivity contribution in [3.8, 4) is 17.9 Å². The van der Waals surface area contributed by atoms with Crippen LogP contribution in [-0.2, 0) is 19.4 Å². The van der Waals surface area contributed by atoms with Crippen LogP contribution in [0.3, 0.4) is 0 Å². The van der Waals surface area contributed by atoms with E-state index < -0.39 is 0 Å². The molecular weight excluding hydrogens is 426 g/mol. The Balaban J connectivity index is 1.45. The van der Waals surface area contributed by atoms with Crippen LogP contribution >= 0.6 is 11.3 Å². The van der Waals surface area contributed by atoms with Crippen LogP contribution < -0.4 is 4.74 Å². The zero-order valence-corrected chi connectivity index (χ0v) is 20.1. The second-order valence-electron chi connectivity index (χ2n) is 9.49. The summed E-state index contributed by atoms with van der Waals surface area (Å²) in [5.41, 5.74) is 4.67. The Kier molecular flexibility index (Phi) is 6.63. The molecule has 1 aliphatic carbocycles. The summed E-state index contributed by atoms with van der Waals surface area (Å²) in [6, 6.07) is 19.7. The fourth-order valence-corrected chi connectivity index (χ4v) is 5.44. The van der Waals surface area contributed by atoms with Crippen LogP contribution in [0.25, 0.3) is 0 Å². The summed E-state index contributed by atoms with van der Waals surface area (Å²) in [4.78, 5) is 6.00. The van der Waals surface area contributed by atoms with Crippen molar-refractivity contribution in [2.24, 2.45) is 16.3 Å². The van der Waals surface area contributed by atoms with Gasteiger partial charge in [0.2, 0.25) is 0 Å². The summed E-state index contributed by atoms with van der Waals surface area (Å²) < 4.78 is 5.84. The first-order valence-electron chi connectivity index (χ1n) is 11.2. The zero-order valence-electron chi connectivity index (χ0n) is 19.3. The van der Waals surface area contributed by atoms with Crippen molar-refractivity contribution in [1.29, 1.82) is 10.5 Å². The molecule has 0 saturated carbocycles. The Morgan fingerprint density at radius 3 is 2.55 bits per heavy atom. The molecule has 1 heterocycles. The topological polar surface area (TPSA) is 69.2 Å². The summed E-state index contributed by atoms with van der Waals surface area (Å²) in [5.74, 6) is 1.37. The van der Waals surface area contributed by atoms with Crippen LogP contribution in [0.5, 0.6) is 5.75 Å². The van der Waals surface area contributed by atoms with Crippen LogP contribution in [0.2, 0.25) is 0 Å². The van der Waals surface area contributed by atoms with Crippen molar-refractivity contribution < 1.29 is 4.74 Å². The molecule has 1 aliphatic rings. The van der Waals surface area contributed by atoms with Gasteiger partial charge in [-0.15, -0.1) is 11.3 Å². The number of hydrogen-bond acceptors (Lipinski definition) is 5. The van der Waals surface area contributed by atoms with Gasteiger partial charge in [0.25, 0.3) is 0 Å². The van der Waals surface area contributed by atoms with Crippen molar-refractivity contribution in [2.45, 2.75) is 46.6 Å². The molecule has 4 rings (SSSR count). The molecule has 166 valence electrons. The lowest BCUT2D eigenvalue weighted by atomic mass is 9.72. The highest BCUT2D eigenvalue weighted by Crippen LogP contribution is 2.44. The molecule has 3 aromatic rings. The SMILES string of the molecule is CC(C)(C)[C@H]1CCc2c(sc(N=Cc3ccc(OCc4ccccc4C#N)cc3)c2C#N)C1. The van der Waals surface area contributed by atoms with E-state index in [4.69, 9.17) is 4.74 Å². The van der Waals surface area contributed by atoms with Crippen molar-refractivity contribution in [1.82, 2.24) is 0 Å². The number of ether oxygens (including phenoxy) is 1. The molecule has 1 aromatic heterocycles. The van der Waals surface area contributed by atoms with E-state index in [9.17, 15) is 10.5 Å². The molecule has 5 heteroatoms. The minimum Gasteiger partial charge on any atom is -0.489 e. The molecule has 0 N–H and O–H groups in total. The smallest absolute Gasteiger partial charge is 0.134 e. The largest absolute Gasteiger partial charge is 0.489 e. The highest BCUT2D eigenvalue weighted by Gasteiger charge is 2.32. The predicted octanol–water partition coefficient (Wildman–Crippen LogP) is 6.97. The van der Waals surface area contributed by atoms with E-state index in [0.717, 1.165) is 46.7 Å². The molecule has 0 bridgehead atoms. The molecule has 4 nitrogen and oxygen atoms in total. The van der Waals surface area contributed by atoms with Crippen molar-refractivity contribution >= 4 is 22.6 Å². The van der Waals surface area contributed by atoms with E-state index in [-0.39, 0.29) is 5.41 Å². The standard InChI is InChI=1S/C28H27N3OS/c1-28(2,3)22-10-13-24-25(16-30)27(33-26(24)14-22)31-17-19-8-11-23(12-9-19)32-18-21-7-5-4-6-20(21)15-29/h4-9,11-12,17,22H,10,13-14,18H2,1-3H3/t22-/m0/s1. The van der Waals surface area contributed by atoms with Gasteiger partial charge < -0.3 is 4.74 Å². The monoisotopic (exact) mass is 453 g/mol. The van der Waals surface area contributed by atoms with Crippen molar-refractivity contribution in [3.63, 3.8) is 0 Å². The first-order chi connectivity index (χ1) is 15.9. The molecule has 0 aliphatic heterocycles. The molecule has 0 fully saturated rings. The number of aliphatic imine (C=N–C) groups is 1. The molecule has 1 atom stereocenters. The minimum absolute atomic E-state index is 0.276. The molecule has 0 amide bonds. The number of nitriles is 2. The normalized spacial score (nSPS) is 15.6. The summed E-state index contributed by atoms with van der Waals surface area (Å²) in [7, 11) is 0. The Morgan fingerprint density at radius 2 is 1.85 bits per heavy atom. The van der Waals surface area contributed by atoms with Gasteiger partial charge in [-0.3, -0.25) is 0 Å². The number of benzene rings is 2. The van der Waals surface area contributed by atoms with Gasteiger partial charge in [-0.1, -0.05) is 39.0 Å².